The molecule has 1 amide bonds. The maximum atomic E-state index is 13.3. The molecule has 7 heteroatoms. The van der Waals surface area contributed by atoms with Crippen molar-refractivity contribution in [1.29, 1.82) is 0 Å². The highest BCUT2D eigenvalue weighted by Gasteiger charge is 2.27. The highest BCUT2D eigenvalue weighted by Crippen LogP contribution is 2.20. The topological polar surface area (TPSA) is 81.8 Å². The van der Waals surface area contributed by atoms with E-state index in [1.807, 2.05) is 35.2 Å². The van der Waals surface area contributed by atoms with Crippen LogP contribution in [0.3, 0.4) is 0 Å². The molecule has 0 saturated carbocycles. The number of carbonyl (C=O) groups is 1. The number of hydrogen-bond donors (Lipinski definition) is 3. The van der Waals surface area contributed by atoms with Gasteiger partial charge < -0.3 is 25.3 Å². The molecule has 1 aromatic heterocycles. The fraction of sp³-hybridized carbons (Fsp3) is 0.385. The van der Waals surface area contributed by atoms with Gasteiger partial charge >= 0.3 is 0 Å². The quantitative estimate of drug-likeness (QED) is 0.384. The zero-order valence-corrected chi connectivity index (χ0v) is 19.4. The van der Waals surface area contributed by atoms with E-state index in [1.54, 1.807) is 7.05 Å². The maximum absolute atomic E-state index is 13.3. The van der Waals surface area contributed by atoms with Crippen LogP contribution < -0.4 is 10.6 Å². The molecular weight excluding hydrogens is 414 g/mol. The Hall–Kier alpha value is -3.32. The summed E-state index contributed by atoms with van der Waals surface area (Å²) in [6.07, 6.45) is 2.95. The molecule has 33 heavy (non-hydrogen) atoms. The van der Waals surface area contributed by atoms with Crippen molar-refractivity contribution in [1.82, 2.24) is 20.5 Å². The first-order valence-electron chi connectivity index (χ1n) is 11.6. The first kappa shape index (κ1) is 22.9. The van der Waals surface area contributed by atoms with Crippen LogP contribution >= 0.6 is 0 Å². The smallest absolute Gasteiger partial charge is 0.232 e. The number of ether oxygens (including phenoxy) is 1. The number of amides is 1. The van der Waals surface area contributed by atoms with E-state index in [2.05, 4.69) is 51.9 Å². The number of benzene rings is 2. The molecule has 3 aromatic rings. The summed E-state index contributed by atoms with van der Waals surface area (Å²) in [5.74, 6) is 0.544. The molecule has 0 bridgehead atoms. The number of hydrogen-bond acceptors (Lipinski definition) is 3. The van der Waals surface area contributed by atoms with Gasteiger partial charge in [0.15, 0.2) is 5.96 Å². The molecule has 1 atom stereocenters. The van der Waals surface area contributed by atoms with Crippen LogP contribution in [0.1, 0.15) is 22.6 Å². The molecule has 2 aromatic carbocycles. The standard InChI is InChI=1S/C26H33N5O2/c1-19-8-9-22-21(17-29-24(22)16-19)10-11-28-26(27-2)30-18-23(20-6-4-3-5-7-20)25(32)31-12-14-33-15-13-31/h3-9,16-17,23,29H,10-15,18H2,1-2H3,(H2,27,28,30). The van der Waals surface area contributed by atoms with Gasteiger partial charge in [0, 0.05) is 50.3 Å². The molecule has 174 valence electrons. The van der Waals surface area contributed by atoms with Crippen molar-refractivity contribution in [2.24, 2.45) is 4.99 Å². The molecule has 0 spiro atoms. The lowest BCUT2D eigenvalue weighted by molar-refractivity contribution is -0.136. The van der Waals surface area contributed by atoms with E-state index < -0.39 is 0 Å². The van der Waals surface area contributed by atoms with Crippen LogP contribution in [0.4, 0.5) is 0 Å². The largest absolute Gasteiger partial charge is 0.378 e. The predicted octanol–water partition coefficient (Wildman–Crippen LogP) is 2.83. The number of nitrogens with zero attached hydrogens (tertiary/aromatic N) is 2. The number of morpholine rings is 1. The molecular formula is C26H33N5O2. The second-order valence-corrected chi connectivity index (χ2v) is 8.39. The van der Waals surface area contributed by atoms with Crippen LogP contribution in [-0.2, 0) is 16.0 Å². The number of fused-ring (bicyclic) bond motifs is 1. The average Bonchev–Trinajstić information content (AvgIpc) is 3.26. The van der Waals surface area contributed by atoms with Crippen molar-refractivity contribution < 1.29 is 9.53 Å². The van der Waals surface area contributed by atoms with Crippen molar-refractivity contribution >= 4 is 22.8 Å². The number of carbonyl (C=O) groups excluding carboxylic acids is 1. The first-order chi connectivity index (χ1) is 16.2. The number of aliphatic imine (C=N–C) groups is 1. The van der Waals surface area contributed by atoms with Gasteiger partial charge in [0.05, 0.1) is 19.1 Å². The summed E-state index contributed by atoms with van der Waals surface area (Å²) in [5, 5.41) is 8.01. The van der Waals surface area contributed by atoms with Crippen LogP contribution in [-0.4, -0.2) is 68.2 Å². The third kappa shape index (κ3) is 5.73. The molecule has 1 aliphatic heterocycles. The van der Waals surface area contributed by atoms with E-state index in [4.69, 9.17) is 4.74 Å². The third-order valence-electron chi connectivity index (χ3n) is 6.13. The minimum absolute atomic E-state index is 0.126. The predicted molar refractivity (Wildman–Crippen MR) is 133 cm³/mol. The molecule has 1 aliphatic rings. The highest BCUT2D eigenvalue weighted by atomic mass is 16.5. The molecule has 4 rings (SSSR count). The van der Waals surface area contributed by atoms with Gasteiger partial charge in [0.25, 0.3) is 0 Å². The molecule has 0 radical (unpaired) electrons. The molecule has 1 unspecified atom stereocenters. The van der Waals surface area contributed by atoms with E-state index >= 15 is 0 Å². The van der Waals surface area contributed by atoms with Gasteiger partial charge in [0.2, 0.25) is 5.91 Å². The Bertz CT molecular complexity index is 1090. The minimum atomic E-state index is -0.278. The summed E-state index contributed by atoms with van der Waals surface area (Å²) < 4.78 is 5.42. The molecule has 2 heterocycles. The van der Waals surface area contributed by atoms with E-state index in [0.717, 1.165) is 18.5 Å². The Kier molecular flexibility index (Phi) is 7.62. The molecule has 7 nitrogen and oxygen atoms in total. The summed E-state index contributed by atoms with van der Waals surface area (Å²) in [6, 6.07) is 16.4. The average molecular weight is 448 g/mol. The van der Waals surface area contributed by atoms with Crippen molar-refractivity contribution in [3.8, 4) is 0 Å². The molecule has 3 N–H and O–H groups in total. The first-order valence-corrected chi connectivity index (χ1v) is 11.6. The summed E-state index contributed by atoms with van der Waals surface area (Å²) in [4.78, 5) is 22.9. The second kappa shape index (κ2) is 11.0. The summed E-state index contributed by atoms with van der Waals surface area (Å²) in [6.45, 7) is 5.79. The zero-order chi connectivity index (χ0) is 23.0. The SMILES string of the molecule is CN=C(NCCc1c[nH]c2cc(C)ccc12)NCC(C(=O)N1CCOCC1)c1ccccc1. The third-order valence-corrected chi connectivity index (χ3v) is 6.13. The Balaban J connectivity index is 1.36. The lowest BCUT2D eigenvalue weighted by Crippen LogP contribution is -2.47. The zero-order valence-electron chi connectivity index (χ0n) is 19.4. The van der Waals surface area contributed by atoms with Crippen molar-refractivity contribution in [2.75, 3.05) is 46.4 Å². The van der Waals surface area contributed by atoms with E-state index in [1.165, 1.54) is 22.0 Å². The van der Waals surface area contributed by atoms with E-state index in [0.29, 0.717) is 38.8 Å². The number of aromatic nitrogens is 1. The minimum Gasteiger partial charge on any atom is -0.378 e. The number of aryl methyl sites for hydroxylation is 1. The Morgan fingerprint density at radius 3 is 2.70 bits per heavy atom. The van der Waals surface area contributed by atoms with Gasteiger partial charge in [-0.1, -0.05) is 42.5 Å². The molecule has 0 aliphatic carbocycles. The highest BCUT2D eigenvalue weighted by molar-refractivity contribution is 5.86. The van der Waals surface area contributed by atoms with Gasteiger partial charge in [-0.2, -0.15) is 0 Å². The number of guanidine groups is 1. The normalized spacial score (nSPS) is 15.5. The fourth-order valence-corrected chi connectivity index (χ4v) is 4.28. The van der Waals surface area contributed by atoms with Crippen LogP contribution in [0.2, 0.25) is 0 Å². The Labute approximate surface area is 195 Å². The number of rotatable bonds is 7. The monoisotopic (exact) mass is 447 g/mol. The number of H-pyrrole nitrogens is 1. The van der Waals surface area contributed by atoms with Crippen molar-refractivity contribution in [3.05, 3.63) is 71.4 Å². The Morgan fingerprint density at radius 2 is 1.94 bits per heavy atom. The van der Waals surface area contributed by atoms with Crippen LogP contribution in [0, 0.1) is 6.92 Å². The van der Waals surface area contributed by atoms with E-state index in [-0.39, 0.29) is 11.8 Å². The van der Waals surface area contributed by atoms with Gasteiger partial charge in [-0.3, -0.25) is 9.79 Å². The summed E-state index contributed by atoms with van der Waals surface area (Å²) in [7, 11) is 1.76. The van der Waals surface area contributed by atoms with Gasteiger partial charge in [-0.15, -0.1) is 0 Å². The van der Waals surface area contributed by atoms with Crippen LogP contribution in [0.5, 0.6) is 0 Å². The van der Waals surface area contributed by atoms with Crippen molar-refractivity contribution in [3.63, 3.8) is 0 Å². The number of nitrogens with one attached hydrogen (secondary N) is 3. The lowest BCUT2D eigenvalue weighted by atomic mass is 9.97. The van der Waals surface area contributed by atoms with Crippen LogP contribution in [0.25, 0.3) is 10.9 Å². The van der Waals surface area contributed by atoms with Gasteiger partial charge in [-0.25, -0.2) is 0 Å². The summed E-state index contributed by atoms with van der Waals surface area (Å²) >= 11 is 0. The van der Waals surface area contributed by atoms with E-state index in [9.17, 15) is 4.79 Å². The van der Waals surface area contributed by atoms with Gasteiger partial charge in [0.1, 0.15) is 0 Å². The van der Waals surface area contributed by atoms with Gasteiger partial charge in [-0.05, 0) is 36.1 Å². The summed E-state index contributed by atoms with van der Waals surface area (Å²) in [5.41, 5.74) is 4.70. The van der Waals surface area contributed by atoms with Crippen molar-refractivity contribution in [2.45, 2.75) is 19.3 Å². The Morgan fingerprint density at radius 1 is 1.15 bits per heavy atom. The fourth-order valence-electron chi connectivity index (χ4n) is 4.28. The lowest BCUT2D eigenvalue weighted by Gasteiger charge is -2.31. The molecule has 1 saturated heterocycles. The second-order valence-electron chi connectivity index (χ2n) is 8.39. The number of aromatic amines is 1. The molecule has 1 fully saturated rings. The maximum Gasteiger partial charge on any atom is 0.232 e. The van der Waals surface area contributed by atoms with Crippen LogP contribution in [0.15, 0.2) is 59.7 Å².